The average molecular weight is 327 g/mol. The van der Waals surface area contributed by atoms with E-state index in [1.807, 2.05) is 17.7 Å². The Balaban J connectivity index is 2.46. The molecule has 2 rings (SSSR count). The maximum absolute atomic E-state index is 10.0. The van der Waals surface area contributed by atoms with Crippen molar-refractivity contribution in [2.75, 3.05) is 0 Å². The molecule has 0 aliphatic carbocycles. The molecule has 1 unspecified atom stereocenters. The number of halogens is 2. The van der Waals surface area contributed by atoms with Gasteiger partial charge in [0.25, 0.3) is 0 Å². The van der Waals surface area contributed by atoms with Gasteiger partial charge in [-0.05, 0) is 43.5 Å². The third kappa shape index (κ3) is 3.42. The van der Waals surface area contributed by atoms with Crippen LogP contribution in [0.25, 0.3) is 0 Å². The first kappa shape index (κ1) is 16.3. The molecular formula is C16H20Cl2N2O. The fraction of sp³-hybridized carbons (Fsp3) is 0.438. The largest absolute Gasteiger partial charge is 0.389 e. The molecule has 0 aliphatic rings. The Morgan fingerprint density at radius 1 is 1.24 bits per heavy atom. The lowest BCUT2D eigenvalue weighted by Gasteiger charge is -2.11. The van der Waals surface area contributed by atoms with Crippen molar-refractivity contribution < 1.29 is 5.11 Å². The highest BCUT2D eigenvalue weighted by Crippen LogP contribution is 2.26. The fourth-order valence-corrected chi connectivity index (χ4v) is 3.01. The summed E-state index contributed by atoms with van der Waals surface area (Å²) in [5, 5.41) is 16.0. The maximum atomic E-state index is 10.0. The normalized spacial score (nSPS) is 12.7. The molecule has 0 fully saturated rings. The highest BCUT2D eigenvalue weighted by molar-refractivity contribution is 6.33. The second kappa shape index (κ2) is 6.82. The topological polar surface area (TPSA) is 38.0 Å². The van der Waals surface area contributed by atoms with Crippen molar-refractivity contribution in [3.8, 4) is 0 Å². The molecule has 1 aromatic carbocycles. The van der Waals surface area contributed by atoms with Gasteiger partial charge in [0, 0.05) is 21.3 Å². The first-order valence-corrected chi connectivity index (χ1v) is 7.93. The molecule has 5 heteroatoms. The van der Waals surface area contributed by atoms with Crippen LogP contribution in [0.3, 0.4) is 0 Å². The van der Waals surface area contributed by atoms with Crippen LogP contribution < -0.4 is 0 Å². The summed E-state index contributed by atoms with van der Waals surface area (Å²) >= 11 is 12.3. The summed E-state index contributed by atoms with van der Waals surface area (Å²) in [6.07, 6.45) is 1.09. The Labute approximate surface area is 135 Å². The standard InChI is InChI=1S/C16H20Cl2N2O/c1-4-14-16(10(3)21)15(5-2)20(19-14)9-11-8-12(17)6-7-13(11)18/h6-8,10,21H,4-5,9H2,1-3H3. The summed E-state index contributed by atoms with van der Waals surface area (Å²) in [4.78, 5) is 0. The van der Waals surface area contributed by atoms with Crippen LogP contribution in [0.4, 0.5) is 0 Å². The number of aromatic nitrogens is 2. The average Bonchev–Trinajstić information content (AvgIpc) is 2.80. The number of aliphatic hydroxyl groups excluding tert-OH is 1. The monoisotopic (exact) mass is 326 g/mol. The van der Waals surface area contributed by atoms with Crippen molar-refractivity contribution in [3.05, 3.63) is 50.8 Å². The molecule has 21 heavy (non-hydrogen) atoms. The molecule has 0 bridgehead atoms. The Bertz CT molecular complexity index is 635. The second-order valence-corrected chi connectivity index (χ2v) is 5.93. The second-order valence-electron chi connectivity index (χ2n) is 5.08. The molecule has 0 saturated carbocycles. The minimum atomic E-state index is -0.515. The van der Waals surface area contributed by atoms with Gasteiger partial charge in [0.15, 0.2) is 0 Å². The highest BCUT2D eigenvalue weighted by atomic mass is 35.5. The number of aryl methyl sites for hydroxylation is 1. The van der Waals surface area contributed by atoms with Crippen LogP contribution in [0, 0.1) is 0 Å². The number of rotatable bonds is 5. The molecule has 3 nitrogen and oxygen atoms in total. The van der Waals surface area contributed by atoms with Gasteiger partial charge in [-0.15, -0.1) is 0 Å². The molecule has 2 aromatic rings. The van der Waals surface area contributed by atoms with E-state index in [0.29, 0.717) is 16.6 Å². The Hall–Kier alpha value is -1.03. The molecule has 1 aromatic heterocycles. The summed E-state index contributed by atoms with van der Waals surface area (Å²) in [6, 6.07) is 5.43. The van der Waals surface area contributed by atoms with Crippen LogP contribution in [0.2, 0.25) is 10.0 Å². The zero-order chi connectivity index (χ0) is 15.6. The van der Waals surface area contributed by atoms with E-state index >= 15 is 0 Å². The van der Waals surface area contributed by atoms with Crippen molar-refractivity contribution in [1.82, 2.24) is 9.78 Å². The Morgan fingerprint density at radius 3 is 2.52 bits per heavy atom. The summed E-state index contributed by atoms with van der Waals surface area (Å²) in [5.74, 6) is 0. The zero-order valence-corrected chi connectivity index (χ0v) is 14.0. The quantitative estimate of drug-likeness (QED) is 0.883. The summed E-state index contributed by atoms with van der Waals surface area (Å²) < 4.78 is 1.93. The van der Waals surface area contributed by atoms with Crippen molar-refractivity contribution in [3.63, 3.8) is 0 Å². The molecule has 0 aliphatic heterocycles. The van der Waals surface area contributed by atoms with Gasteiger partial charge in [0.2, 0.25) is 0 Å². The summed E-state index contributed by atoms with van der Waals surface area (Å²) in [5.41, 5.74) is 3.87. The molecule has 0 radical (unpaired) electrons. The van der Waals surface area contributed by atoms with E-state index < -0.39 is 6.10 Å². The van der Waals surface area contributed by atoms with Gasteiger partial charge >= 0.3 is 0 Å². The van der Waals surface area contributed by atoms with Crippen molar-refractivity contribution in [1.29, 1.82) is 0 Å². The molecule has 1 atom stereocenters. The van der Waals surface area contributed by atoms with Gasteiger partial charge in [0.05, 0.1) is 18.3 Å². The lowest BCUT2D eigenvalue weighted by Crippen LogP contribution is -2.08. The van der Waals surface area contributed by atoms with Gasteiger partial charge in [-0.3, -0.25) is 4.68 Å². The molecule has 1 N–H and O–H groups in total. The van der Waals surface area contributed by atoms with Crippen LogP contribution in [0.5, 0.6) is 0 Å². The smallest absolute Gasteiger partial charge is 0.0798 e. The van der Waals surface area contributed by atoms with Crippen molar-refractivity contribution in [2.24, 2.45) is 0 Å². The zero-order valence-electron chi connectivity index (χ0n) is 12.5. The lowest BCUT2D eigenvalue weighted by atomic mass is 10.0. The maximum Gasteiger partial charge on any atom is 0.0798 e. The Morgan fingerprint density at radius 2 is 1.95 bits per heavy atom. The van der Waals surface area contributed by atoms with E-state index in [0.717, 1.165) is 35.4 Å². The van der Waals surface area contributed by atoms with Gasteiger partial charge < -0.3 is 5.11 Å². The molecule has 1 heterocycles. The molecular weight excluding hydrogens is 307 g/mol. The third-order valence-corrected chi connectivity index (χ3v) is 4.19. The van der Waals surface area contributed by atoms with Gasteiger partial charge in [0.1, 0.15) is 0 Å². The van der Waals surface area contributed by atoms with Gasteiger partial charge in [-0.2, -0.15) is 5.10 Å². The van der Waals surface area contributed by atoms with E-state index in [-0.39, 0.29) is 0 Å². The Kier molecular flexibility index (Phi) is 5.31. The van der Waals surface area contributed by atoms with E-state index in [1.54, 1.807) is 19.1 Å². The number of hydrogen-bond acceptors (Lipinski definition) is 2. The van der Waals surface area contributed by atoms with E-state index in [1.165, 1.54) is 0 Å². The first-order valence-electron chi connectivity index (χ1n) is 7.18. The van der Waals surface area contributed by atoms with E-state index in [9.17, 15) is 5.11 Å². The molecule has 0 amide bonds. The van der Waals surface area contributed by atoms with Crippen LogP contribution in [-0.4, -0.2) is 14.9 Å². The number of aliphatic hydroxyl groups is 1. The van der Waals surface area contributed by atoms with Crippen LogP contribution in [0.15, 0.2) is 18.2 Å². The van der Waals surface area contributed by atoms with Crippen LogP contribution in [0.1, 0.15) is 49.4 Å². The van der Waals surface area contributed by atoms with E-state index in [4.69, 9.17) is 23.2 Å². The van der Waals surface area contributed by atoms with Crippen molar-refractivity contribution in [2.45, 2.75) is 46.3 Å². The minimum absolute atomic E-state index is 0.515. The van der Waals surface area contributed by atoms with Gasteiger partial charge in [-0.25, -0.2) is 0 Å². The van der Waals surface area contributed by atoms with Crippen LogP contribution >= 0.6 is 23.2 Å². The minimum Gasteiger partial charge on any atom is -0.389 e. The molecule has 0 saturated heterocycles. The van der Waals surface area contributed by atoms with Crippen molar-refractivity contribution >= 4 is 23.2 Å². The van der Waals surface area contributed by atoms with Gasteiger partial charge in [-0.1, -0.05) is 37.0 Å². The predicted octanol–water partition coefficient (Wildman–Crippen LogP) is 4.42. The third-order valence-electron chi connectivity index (χ3n) is 3.59. The number of benzene rings is 1. The van der Waals surface area contributed by atoms with Crippen LogP contribution in [-0.2, 0) is 19.4 Å². The highest BCUT2D eigenvalue weighted by Gasteiger charge is 2.19. The number of nitrogens with zero attached hydrogens (tertiary/aromatic N) is 2. The SMILES string of the molecule is CCc1nn(Cc2cc(Cl)ccc2Cl)c(CC)c1C(C)O. The first-order chi connectivity index (χ1) is 9.97. The summed E-state index contributed by atoms with van der Waals surface area (Å²) in [6.45, 7) is 6.46. The lowest BCUT2D eigenvalue weighted by molar-refractivity contribution is 0.197. The predicted molar refractivity (Wildman–Crippen MR) is 87.2 cm³/mol. The van der Waals surface area contributed by atoms with E-state index in [2.05, 4.69) is 12.0 Å². The molecule has 0 spiro atoms. The fourth-order valence-electron chi connectivity index (χ4n) is 2.64. The summed E-state index contributed by atoms with van der Waals surface area (Å²) in [7, 11) is 0. The molecule has 114 valence electrons. The number of hydrogen-bond donors (Lipinski definition) is 1.